The van der Waals surface area contributed by atoms with Crippen LogP contribution in [0.3, 0.4) is 0 Å². The van der Waals surface area contributed by atoms with Crippen LogP contribution in [-0.2, 0) is 14.3 Å². The maximum atomic E-state index is 12.0. The molecule has 0 spiro atoms. The summed E-state index contributed by atoms with van der Waals surface area (Å²) in [5, 5.41) is 53.3. The molecule has 13 atom stereocenters. The summed E-state index contributed by atoms with van der Waals surface area (Å²) < 4.78 is 12.3. The van der Waals surface area contributed by atoms with Crippen LogP contribution in [0.1, 0.15) is 88.0 Å². The van der Waals surface area contributed by atoms with Gasteiger partial charge in [0, 0.05) is 31.0 Å². The largest absolute Gasteiger partial charge is 0.481 e. The molecular formula is C31H62N2O8. The molecule has 1 heterocycles. The highest BCUT2D eigenvalue weighted by atomic mass is 16.7. The Morgan fingerprint density at radius 3 is 2.22 bits per heavy atom. The Bertz CT molecular complexity index is 770. The number of hydrogen-bond acceptors (Lipinski definition) is 9. The molecule has 244 valence electrons. The SMILES string of the molecule is CCCC(C)(O)[C@H](O)[C@@H](C)N(C)C[C@H](C)C[C@H](C)C(O)[C@@H](C)C(O[C@H]1CC(N(C)CC)[C@H](O)C(C)O1)[C@@H](C)C(=O)O. The van der Waals surface area contributed by atoms with Gasteiger partial charge in [0.2, 0.25) is 0 Å². The van der Waals surface area contributed by atoms with E-state index in [1.54, 1.807) is 20.8 Å². The van der Waals surface area contributed by atoms with Gasteiger partial charge in [0.05, 0.1) is 42.0 Å². The summed E-state index contributed by atoms with van der Waals surface area (Å²) in [6.07, 6.45) is -1.98. The Morgan fingerprint density at radius 2 is 1.71 bits per heavy atom. The second-order valence-electron chi connectivity index (χ2n) is 13.3. The van der Waals surface area contributed by atoms with Crippen LogP contribution in [0.4, 0.5) is 0 Å². The van der Waals surface area contributed by atoms with E-state index in [4.69, 9.17) is 9.47 Å². The molecule has 41 heavy (non-hydrogen) atoms. The number of carboxylic acid groups (broad SMARTS) is 1. The molecule has 1 fully saturated rings. The predicted molar refractivity (Wildman–Crippen MR) is 160 cm³/mol. The fourth-order valence-corrected chi connectivity index (χ4v) is 6.43. The Kier molecular flexibility index (Phi) is 15.7. The third kappa shape index (κ3) is 10.7. The highest BCUT2D eigenvalue weighted by Crippen LogP contribution is 2.32. The van der Waals surface area contributed by atoms with Gasteiger partial charge in [-0.1, -0.05) is 41.0 Å². The van der Waals surface area contributed by atoms with E-state index in [1.165, 1.54) is 0 Å². The Balaban J connectivity index is 2.92. The number of ether oxygens (including phenoxy) is 2. The van der Waals surface area contributed by atoms with Crippen molar-refractivity contribution in [1.29, 1.82) is 0 Å². The van der Waals surface area contributed by atoms with Crippen LogP contribution >= 0.6 is 0 Å². The van der Waals surface area contributed by atoms with E-state index < -0.39 is 60.2 Å². The van der Waals surface area contributed by atoms with Gasteiger partial charge in [-0.05, 0) is 73.0 Å². The molecule has 0 bridgehead atoms. The minimum absolute atomic E-state index is 0.143. The number of hydrogen-bond donors (Lipinski definition) is 5. The van der Waals surface area contributed by atoms with Gasteiger partial charge in [-0.15, -0.1) is 0 Å². The smallest absolute Gasteiger partial charge is 0.308 e. The van der Waals surface area contributed by atoms with Gasteiger partial charge in [0.1, 0.15) is 0 Å². The minimum Gasteiger partial charge on any atom is -0.481 e. The zero-order valence-electron chi connectivity index (χ0n) is 27.5. The van der Waals surface area contributed by atoms with Gasteiger partial charge in [-0.3, -0.25) is 4.79 Å². The molecule has 10 heteroatoms. The topological polar surface area (TPSA) is 143 Å². The minimum atomic E-state index is -1.16. The molecule has 0 aromatic rings. The van der Waals surface area contributed by atoms with Crippen LogP contribution < -0.4 is 0 Å². The molecule has 0 saturated carbocycles. The molecule has 10 nitrogen and oxygen atoms in total. The first-order chi connectivity index (χ1) is 18.9. The molecule has 5 N–H and O–H groups in total. The van der Waals surface area contributed by atoms with Crippen LogP contribution in [0.25, 0.3) is 0 Å². The maximum Gasteiger partial charge on any atom is 0.308 e. The number of aliphatic hydroxyl groups excluding tert-OH is 3. The second kappa shape index (κ2) is 16.9. The van der Waals surface area contributed by atoms with Crippen molar-refractivity contribution in [2.24, 2.45) is 23.7 Å². The van der Waals surface area contributed by atoms with E-state index in [9.17, 15) is 30.3 Å². The summed E-state index contributed by atoms with van der Waals surface area (Å²) >= 11 is 0. The van der Waals surface area contributed by atoms with E-state index in [2.05, 4.69) is 6.92 Å². The lowest BCUT2D eigenvalue weighted by Gasteiger charge is -2.44. The Labute approximate surface area is 249 Å². The van der Waals surface area contributed by atoms with Gasteiger partial charge in [-0.25, -0.2) is 0 Å². The first kappa shape index (κ1) is 38.2. The van der Waals surface area contributed by atoms with E-state index in [0.29, 0.717) is 25.8 Å². The number of rotatable bonds is 18. The molecule has 1 rings (SSSR count). The summed E-state index contributed by atoms with van der Waals surface area (Å²) in [5.41, 5.74) is -1.16. The van der Waals surface area contributed by atoms with Gasteiger partial charge in [0.15, 0.2) is 6.29 Å². The molecule has 0 amide bonds. The number of carbonyl (C=O) groups is 1. The number of nitrogens with zero attached hydrogens (tertiary/aromatic N) is 2. The van der Waals surface area contributed by atoms with Gasteiger partial charge in [-0.2, -0.15) is 0 Å². The fourth-order valence-electron chi connectivity index (χ4n) is 6.43. The quantitative estimate of drug-likeness (QED) is 0.162. The fraction of sp³-hybridized carbons (Fsp3) is 0.968. The summed E-state index contributed by atoms with van der Waals surface area (Å²) in [4.78, 5) is 16.1. The van der Waals surface area contributed by atoms with Crippen LogP contribution in [0.15, 0.2) is 0 Å². The molecule has 0 aromatic heterocycles. The Hall–Kier alpha value is -0.850. The summed E-state index contributed by atoms with van der Waals surface area (Å²) in [6.45, 7) is 18.2. The second-order valence-corrected chi connectivity index (χ2v) is 13.3. The molecule has 1 aliphatic rings. The van der Waals surface area contributed by atoms with Gasteiger partial charge in [0.25, 0.3) is 0 Å². The molecular weight excluding hydrogens is 528 g/mol. The highest BCUT2D eigenvalue weighted by Gasteiger charge is 2.42. The molecule has 1 saturated heterocycles. The van der Waals surface area contributed by atoms with Crippen molar-refractivity contribution in [3.8, 4) is 0 Å². The van der Waals surface area contributed by atoms with Crippen LogP contribution in [0.2, 0.25) is 0 Å². The first-order valence-corrected chi connectivity index (χ1v) is 15.6. The van der Waals surface area contributed by atoms with E-state index in [1.807, 2.05) is 58.5 Å². The molecule has 0 aliphatic carbocycles. The number of aliphatic hydroxyl groups is 4. The number of aliphatic carboxylic acids is 1. The standard InChI is InChI=1S/C31H62N2O8/c1-12-14-31(9,39)29(36)22(7)33(11)17-18(3)15-19(4)26(34)20(5)28(21(6)30(37)38)41-25-16-24(32(10)13-2)27(35)23(8)40-25/h18-29,34-36,39H,12-17H2,1-11H3,(H,37,38)/t18-,19+,20-,21-,22-,23?,24?,25+,26?,27-,28?,29-,31?/m1/s1. The van der Waals surface area contributed by atoms with Crippen LogP contribution in [0, 0.1) is 23.7 Å². The molecule has 5 unspecified atom stereocenters. The van der Waals surface area contributed by atoms with Crippen molar-refractivity contribution in [2.45, 2.75) is 142 Å². The lowest BCUT2D eigenvalue weighted by molar-refractivity contribution is -0.265. The molecule has 1 aliphatic heterocycles. The third-order valence-corrected chi connectivity index (χ3v) is 9.49. The average Bonchev–Trinajstić information content (AvgIpc) is 2.90. The molecule has 0 aromatic carbocycles. The normalized spacial score (nSPS) is 29.3. The first-order valence-electron chi connectivity index (χ1n) is 15.6. The van der Waals surface area contributed by atoms with Crippen molar-refractivity contribution in [1.82, 2.24) is 9.80 Å². The predicted octanol–water partition coefficient (Wildman–Crippen LogP) is 2.80. The maximum absolute atomic E-state index is 12.0. The summed E-state index contributed by atoms with van der Waals surface area (Å²) in [5.74, 6) is -2.33. The van der Waals surface area contributed by atoms with Crippen molar-refractivity contribution in [3.05, 3.63) is 0 Å². The number of carboxylic acids is 1. The van der Waals surface area contributed by atoms with Gasteiger partial charge >= 0.3 is 5.97 Å². The van der Waals surface area contributed by atoms with E-state index >= 15 is 0 Å². The van der Waals surface area contributed by atoms with Crippen LogP contribution in [0.5, 0.6) is 0 Å². The van der Waals surface area contributed by atoms with Crippen molar-refractivity contribution < 1.29 is 39.8 Å². The highest BCUT2D eigenvalue weighted by molar-refractivity contribution is 5.70. The van der Waals surface area contributed by atoms with Gasteiger partial charge < -0.3 is 44.8 Å². The van der Waals surface area contributed by atoms with E-state index in [-0.39, 0.29) is 23.9 Å². The zero-order chi connectivity index (χ0) is 31.8. The zero-order valence-corrected chi connectivity index (χ0v) is 27.5. The Morgan fingerprint density at radius 1 is 1.12 bits per heavy atom. The van der Waals surface area contributed by atoms with E-state index in [0.717, 1.165) is 13.0 Å². The van der Waals surface area contributed by atoms with Crippen molar-refractivity contribution in [2.75, 3.05) is 27.2 Å². The summed E-state index contributed by atoms with van der Waals surface area (Å²) in [6, 6.07) is -0.433. The van der Waals surface area contributed by atoms with Crippen molar-refractivity contribution >= 4 is 5.97 Å². The lowest BCUT2D eigenvalue weighted by Crippen LogP contribution is -2.55. The van der Waals surface area contributed by atoms with Crippen LogP contribution in [-0.4, -0.2) is 123 Å². The monoisotopic (exact) mass is 590 g/mol. The molecule has 0 radical (unpaired) electrons. The average molecular weight is 591 g/mol. The van der Waals surface area contributed by atoms with Crippen molar-refractivity contribution in [3.63, 3.8) is 0 Å². The number of likely N-dealkylation sites (N-methyl/N-ethyl adjacent to an activating group) is 2. The third-order valence-electron chi connectivity index (χ3n) is 9.49. The summed E-state index contributed by atoms with van der Waals surface area (Å²) in [7, 11) is 3.86. The lowest BCUT2D eigenvalue weighted by atomic mass is 9.81.